The average Bonchev–Trinajstić information content (AvgIpc) is 2.47. The zero-order valence-corrected chi connectivity index (χ0v) is 12.4. The molecule has 0 spiro atoms. The number of hydrogen-bond acceptors (Lipinski definition) is 3. The molecule has 22 heavy (non-hydrogen) atoms. The van der Waals surface area contributed by atoms with E-state index < -0.39 is 32.7 Å². The van der Waals surface area contributed by atoms with E-state index >= 15 is 0 Å². The standard InChI is InChI=1S/C15H15F2NO3S/c16-12-7-4-8-13(17)15(12)22(20,21)18-10-9-14(19)11-5-2-1-3-6-11/h1-8,14,18-19H,9-10H2/t14-/m0/s1. The van der Waals surface area contributed by atoms with Gasteiger partial charge in [-0.05, 0) is 24.1 Å². The topological polar surface area (TPSA) is 66.4 Å². The molecule has 0 fully saturated rings. The lowest BCUT2D eigenvalue weighted by Crippen LogP contribution is -2.27. The molecule has 0 bridgehead atoms. The predicted molar refractivity (Wildman–Crippen MR) is 77.6 cm³/mol. The highest BCUT2D eigenvalue weighted by Gasteiger charge is 2.23. The molecular formula is C15H15F2NO3S. The summed E-state index contributed by atoms with van der Waals surface area (Å²) in [6, 6.07) is 11.5. The first-order valence-electron chi connectivity index (χ1n) is 6.58. The lowest BCUT2D eigenvalue weighted by Gasteiger charge is -2.12. The third-order valence-corrected chi connectivity index (χ3v) is 4.59. The van der Waals surface area contributed by atoms with Gasteiger partial charge in [-0.15, -0.1) is 0 Å². The van der Waals surface area contributed by atoms with Crippen LogP contribution in [0.4, 0.5) is 8.78 Å². The summed E-state index contributed by atoms with van der Waals surface area (Å²) in [6.45, 7) is -0.147. The number of benzene rings is 2. The molecule has 0 aliphatic heterocycles. The first-order valence-corrected chi connectivity index (χ1v) is 8.07. The van der Waals surface area contributed by atoms with Crippen LogP contribution in [-0.4, -0.2) is 20.1 Å². The maximum absolute atomic E-state index is 13.5. The second-order valence-electron chi connectivity index (χ2n) is 4.66. The molecule has 0 saturated heterocycles. The number of hydrogen-bond donors (Lipinski definition) is 2. The maximum atomic E-state index is 13.5. The van der Waals surface area contributed by atoms with Gasteiger partial charge in [0.2, 0.25) is 10.0 Å². The van der Waals surface area contributed by atoms with Crippen LogP contribution >= 0.6 is 0 Å². The van der Waals surface area contributed by atoms with Crippen LogP contribution in [0.25, 0.3) is 0 Å². The summed E-state index contributed by atoms with van der Waals surface area (Å²) in [4.78, 5) is -1.01. The fourth-order valence-corrected chi connectivity index (χ4v) is 3.16. The second-order valence-corrected chi connectivity index (χ2v) is 6.37. The number of aliphatic hydroxyl groups is 1. The molecule has 0 heterocycles. The van der Waals surface area contributed by atoms with Crippen LogP contribution in [0, 0.1) is 11.6 Å². The van der Waals surface area contributed by atoms with Crippen LogP contribution in [0.5, 0.6) is 0 Å². The largest absolute Gasteiger partial charge is 0.388 e. The van der Waals surface area contributed by atoms with Gasteiger partial charge in [-0.3, -0.25) is 0 Å². The normalized spacial score (nSPS) is 13.0. The minimum Gasteiger partial charge on any atom is -0.388 e. The van der Waals surface area contributed by atoms with Crippen LogP contribution in [0.3, 0.4) is 0 Å². The van der Waals surface area contributed by atoms with Crippen molar-refractivity contribution < 1.29 is 22.3 Å². The minimum atomic E-state index is -4.31. The van der Waals surface area contributed by atoms with Gasteiger partial charge in [0, 0.05) is 6.54 Å². The van der Waals surface area contributed by atoms with Crippen molar-refractivity contribution in [2.45, 2.75) is 17.4 Å². The molecule has 2 aromatic carbocycles. The van der Waals surface area contributed by atoms with Crippen LogP contribution in [0.2, 0.25) is 0 Å². The van der Waals surface area contributed by atoms with Gasteiger partial charge in [-0.2, -0.15) is 0 Å². The zero-order valence-electron chi connectivity index (χ0n) is 11.5. The Kier molecular flexibility index (Phi) is 5.23. The minimum absolute atomic E-state index is 0.0827. The third-order valence-electron chi connectivity index (χ3n) is 3.08. The molecule has 2 N–H and O–H groups in total. The zero-order chi connectivity index (χ0) is 16.2. The highest BCUT2D eigenvalue weighted by Crippen LogP contribution is 2.19. The molecular weight excluding hydrogens is 312 g/mol. The molecule has 2 rings (SSSR count). The molecule has 0 radical (unpaired) electrons. The molecule has 0 aliphatic carbocycles. The Labute approximate surface area is 127 Å². The van der Waals surface area contributed by atoms with Gasteiger partial charge < -0.3 is 5.11 Å². The van der Waals surface area contributed by atoms with E-state index in [0.717, 1.165) is 18.2 Å². The summed E-state index contributed by atoms with van der Waals surface area (Å²) in [5.74, 6) is -2.31. The summed E-state index contributed by atoms with van der Waals surface area (Å²) < 4.78 is 52.9. The van der Waals surface area contributed by atoms with Gasteiger partial charge in [-0.1, -0.05) is 36.4 Å². The smallest absolute Gasteiger partial charge is 0.246 e. The molecule has 0 amide bonds. The average molecular weight is 327 g/mol. The van der Waals surface area contributed by atoms with Crippen molar-refractivity contribution in [3.8, 4) is 0 Å². The Morgan fingerprint density at radius 1 is 1.00 bits per heavy atom. The van der Waals surface area contributed by atoms with Crippen molar-refractivity contribution in [3.05, 3.63) is 65.7 Å². The number of aliphatic hydroxyl groups excluding tert-OH is 1. The number of sulfonamides is 1. The Balaban J connectivity index is 2.02. The van der Waals surface area contributed by atoms with Gasteiger partial charge in [0.15, 0.2) is 4.90 Å². The SMILES string of the molecule is O=S(=O)(NCC[C@H](O)c1ccccc1)c1c(F)cccc1F. The van der Waals surface area contributed by atoms with E-state index in [1.54, 1.807) is 30.3 Å². The van der Waals surface area contributed by atoms with Crippen LogP contribution in [-0.2, 0) is 10.0 Å². The van der Waals surface area contributed by atoms with E-state index in [4.69, 9.17) is 0 Å². The summed E-state index contributed by atoms with van der Waals surface area (Å²) in [6.07, 6.45) is -0.784. The van der Waals surface area contributed by atoms with Crippen molar-refractivity contribution in [1.82, 2.24) is 4.72 Å². The first kappa shape index (κ1) is 16.5. The molecule has 4 nitrogen and oxygen atoms in total. The summed E-state index contributed by atoms with van der Waals surface area (Å²) in [5, 5.41) is 9.91. The molecule has 2 aromatic rings. The van der Waals surface area contributed by atoms with Crippen molar-refractivity contribution >= 4 is 10.0 Å². The Morgan fingerprint density at radius 2 is 1.59 bits per heavy atom. The van der Waals surface area contributed by atoms with Gasteiger partial charge in [0.1, 0.15) is 11.6 Å². The van der Waals surface area contributed by atoms with E-state index in [9.17, 15) is 22.3 Å². The molecule has 0 aromatic heterocycles. The molecule has 118 valence electrons. The monoisotopic (exact) mass is 327 g/mol. The molecule has 0 aliphatic rings. The highest BCUT2D eigenvalue weighted by molar-refractivity contribution is 7.89. The fraction of sp³-hybridized carbons (Fsp3) is 0.200. The van der Waals surface area contributed by atoms with E-state index in [1.165, 1.54) is 0 Å². The number of nitrogens with one attached hydrogen (secondary N) is 1. The lowest BCUT2D eigenvalue weighted by atomic mass is 10.1. The third kappa shape index (κ3) is 3.88. The van der Waals surface area contributed by atoms with Crippen molar-refractivity contribution in [3.63, 3.8) is 0 Å². The molecule has 1 atom stereocenters. The van der Waals surface area contributed by atoms with Crippen LogP contribution < -0.4 is 4.72 Å². The Hall–Kier alpha value is -1.83. The fourth-order valence-electron chi connectivity index (χ4n) is 1.98. The summed E-state index contributed by atoms with van der Waals surface area (Å²) in [5.41, 5.74) is 0.638. The molecule has 0 saturated carbocycles. The highest BCUT2D eigenvalue weighted by atomic mass is 32.2. The molecule has 0 unspecified atom stereocenters. The Morgan fingerprint density at radius 3 is 2.18 bits per heavy atom. The van der Waals surface area contributed by atoms with Crippen LogP contribution in [0.1, 0.15) is 18.1 Å². The van der Waals surface area contributed by atoms with Gasteiger partial charge >= 0.3 is 0 Å². The van der Waals surface area contributed by atoms with Gasteiger partial charge in [-0.25, -0.2) is 21.9 Å². The first-order chi connectivity index (χ1) is 10.4. The summed E-state index contributed by atoms with van der Waals surface area (Å²) in [7, 11) is -4.31. The van der Waals surface area contributed by atoms with E-state index in [1.807, 2.05) is 0 Å². The quantitative estimate of drug-likeness (QED) is 0.856. The van der Waals surface area contributed by atoms with Gasteiger partial charge in [0.05, 0.1) is 6.10 Å². The molecule has 7 heteroatoms. The summed E-state index contributed by atoms with van der Waals surface area (Å²) >= 11 is 0. The van der Waals surface area contributed by atoms with Crippen molar-refractivity contribution in [2.75, 3.05) is 6.54 Å². The van der Waals surface area contributed by atoms with E-state index in [2.05, 4.69) is 4.72 Å². The second kappa shape index (κ2) is 6.95. The van der Waals surface area contributed by atoms with Crippen LogP contribution in [0.15, 0.2) is 53.4 Å². The Bertz CT molecular complexity index is 715. The van der Waals surface area contributed by atoms with Crippen molar-refractivity contribution in [1.29, 1.82) is 0 Å². The van der Waals surface area contributed by atoms with E-state index in [-0.39, 0.29) is 13.0 Å². The maximum Gasteiger partial charge on any atom is 0.246 e. The number of halogens is 2. The lowest BCUT2D eigenvalue weighted by molar-refractivity contribution is 0.169. The van der Waals surface area contributed by atoms with Crippen molar-refractivity contribution in [2.24, 2.45) is 0 Å². The predicted octanol–water partition coefficient (Wildman–Crippen LogP) is 2.37. The number of rotatable bonds is 6. The van der Waals surface area contributed by atoms with E-state index in [0.29, 0.717) is 5.56 Å². The van der Waals surface area contributed by atoms with Gasteiger partial charge in [0.25, 0.3) is 0 Å².